The van der Waals surface area contributed by atoms with Gasteiger partial charge in [-0.05, 0) is 69.2 Å². The van der Waals surface area contributed by atoms with Crippen molar-refractivity contribution in [2.45, 2.75) is 38.8 Å². The molecular weight excluding hydrogens is 452 g/mol. The molecule has 2 rings (SSSR count). The van der Waals surface area contributed by atoms with E-state index in [0.717, 1.165) is 5.56 Å². The Morgan fingerprint density at radius 3 is 2.40 bits per heavy atom. The van der Waals surface area contributed by atoms with E-state index < -0.39 is 23.5 Å². The average molecular weight is 487 g/mol. The second kappa shape index (κ2) is 12.7. The van der Waals surface area contributed by atoms with Crippen LogP contribution in [0.3, 0.4) is 0 Å². The zero-order valence-electron chi connectivity index (χ0n) is 20.8. The van der Waals surface area contributed by atoms with Gasteiger partial charge in [-0.3, -0.25) is 9.59 Å². The molecule has 0 heterocycles. The molecule has 4 N–H and O–H groups in total. The Labute approximate surface area is 205 Å². The molecule has 2 aromatic carbocycles. The van der Waals surface area contributed by atoms with Gasteiger partial charge >= 0.3 is 0 Å². The summed E-state index contributed by atoms with van der Waals surface area (Å²) in [5, 5.41) is 24.5. The van der Waals surface area contributed by atoms with Gasteiger partial charge in [0.2, 0.25) is 11.8 Å². The van der Waals surface area contributed by atoms with Gasteiger partial charge in [0, 0.05) is 18.2 Å². The van der Waals surface area contributed by atoms with Gasteiger partial charge < -0.3 is 35.1 Å². The maximum Gasteiger partial charge on any atom is 0.245 e. The molecule has 190 valence electrons. The quantitative estimate of drug-likeness (QED) is 0.284. The van der Waals surface area contributed by atoms with E-state index in [-0.39, 0.29) is 24.7 Å². The van der Waals surface area contributed by atoms with Gasteiger partial charge in [-0.2, -0.15) is 0 Å². The molecule has 0 aliphatic rings. The Hall–Kier alpha value is -3.72. The van der Waals surface area contributed by atoms with E-state index in [1.165, 1.54) is 25.3 Å². The predicted octanol–water partition coefficient (Wildman–Crippen LogP) is 2.79. The van der Waals surface area contributed by atoms with Crippen molar-refractivity contribution < 1.29 is 34.0 Å². The number of ether oxygens (including phenoxy) is 3. The van der Waals surface area contributed by atoms with Gasteiger partial charge in [-0.25, -0.2) is 0 Å². The molecule has 0 saturated carbocycles. The largest absolute Gasteiger partial charge is 0.504 e. The van der Waals surface area contributed by atoms with Crippen LogP contribution in [0.2, 0.25) is 0 Å². The predicted molar refractivity (Wildman–Crippen MR) is 133 cm³/mol. The molecule has 0 unspecified atom stereocenters. The number of carbonyl (C=O) groups is 2. The maximum absolute atomic E-state index is 12.8. The SMILES string of the molecule is COc1ccc(OC)c(/C=C/C(=O)N[C@@H](COC(C)(C)C)C(=O)NCCc2ccc(O)c(O)c2)c1. The molecule has 2 amide bonds. The lowest BCUT2D eigenvalue weighted by molar-refractivity contribution is -0.130. The van der Waals surface area contributed by atoms with Crippen molar-refractivity contribution in [1.82, 2.24) is 10.6 Å². The van der Waals surface area contributed by atoms with Crippen molar-refractivity contribution in [2.24, 2.45) is 0 Å². The Morgan fingerprint density at radius 2 is 1.77 bits per heavy atom. The fourth-order valence-corrected chi connectivity index (χ4v) is 3.05. The van der Waals surface area contributed by atoms with E-state index in [1.807, 2.05) is 20.8 Å². The molecule has 0 aliphatic carbocycles. The third-order valence-corrected chi connectivity index (χ3v) is 4.92. The molecule has 1 atom stereocenters. The normalized spacial score (nSPS) is 12.3. The molecule has 9 heteroatoms. The lowest BCUT2D eigenvalue weighted by Gasteiger charge is -2.24. The molecule has 0 aliphatic heterocycles. The Kier molecular flexibility index (Phi) is 9.96. The number of amides is 2. The third kappa shape index (κ3) is 9.21. The standard InChI is InChI=1S/C26H34N2O7/c1-26(2,3)35-16-20(25(32)27-13-12-17-6-9-21(29)22(30)14-17)28-24(31)11-7-18-15-19(33-4)8-10-23(18)34-5/h6-11,14-15,20,29-30H,12-13,16H2,1-5H3,(H,27,32)(H,28,31)/b11-7+/t20-/m0/s1. The van der Waals surface area contributed by atoms with E-state index in [4.69, 9.17) is 14.2 Å². The summed E-state index contributed by atoms with van der Waals surface area (Å²) in [4.78, 5) is 25.4. The van der Waals surface area contributed by atoms with E-state index in [9.17, 15) is 19.8 Å². The average Bonchev–Trinajstić information content (AvgIpc) is 2.81. The van der Waals surface area contributed by atoms with Crippen LogP contribution in [0.15, 0.2) is 42.5 Å². The number of aromatic hydroxyl groups is 2. The number of nitrogens with one attached hydrogen (secondary N) is 2. The summed E-state index contributed by atoms with van der Waals surface area (Å²) in [7, 11) is 3.08. The first kappa shape index (κ1) is 27.5. The zero-order valence-corrected chi connectivity index (χ0v) is 20.8. The molecule has 35 heavy (non-hydrogen) atoms. The lowest BCUT2D eigenvalue weighted by Crippen LogP contribution is -2.50. The van der Waals surface area contributed by atoms with Crippen molar-refractivity contribution in [2.75, 3.05) is 27.4 Å². The molecule has 0 fully saturated rings. The number of hydrogen-bond acceptors (Lipinski definition) is 7. The van der Waals surface area contributed by atoms with E-state index >= 15 is 0 Å². The summed E-state index contributed by atoms with van der Waals surface area (Å²) < 4.78 is 16.3. The fraction of sp³-hybridized carbons (Fsp3) is 0.385. The van der Waals surface area contributed by atoms with Crippen LogP contribution in [0.1, 0.15) is 31.9 Å². The number of hydrogen-bond donors (Lipinski definition) is 4. The van der Waals surface area contributed by atoms with Crippen molar-refractivity contribution in [3.63, 3.8) is 0 Å². The smallest absolute Gasteiger partial charge is 0.245 e. The van der Waals surface area contributed by atoms with Crippen LogP contribution in [0, 0.1) is 0 Å². The molecule has 0 aromatic heterocycles. The van der Waals surface area contributed by atoms with E-state index in [2.05, 4.69) is 10.6 Å². The molecule has 0 bridgehead atoms. The second-order valence-corrected chi connectivity index (χ2v) is 8.79. The number of rotatable bonds is 11. The van der Waals surface area contributed by atoms with Gasteiger partial charge in [-0.15, -0.1) is 0 Å². The highest BCUT2D eigenvalue weighted by Crippen LogP contribution is 2.25. The fourth-order valence-electron chi connectivity index (χ4n) is 3.05. The van der Waals surface area contributed by atoms with Crippen LogP contribution < -0.4 is 20.1 Å². The lowest BCUT2D eigenvalue weighted by atomic mass is 10.1. The second-order valence-electron chi connectivity index (χ2n) is 8.79. The van der Waals surface area contributed by atoms with Crippen molar-refractivity contribution in [3.05, 3.63) is 53.6 Å². The molecular formula is C26H34N2O7. The first-order chi connectivity index (χ1) is 16.5. The number of phenols is 2. The monoisotopic (exact) mass is 486 g/mol. The van der Waals surface area contributed by atoms with Crippen LogP contribution in [0.25, 0.3) is 6.08 Å². The van der Waals surface area contributed by atoms with Crippen LogP contribution in [0.4, 0.5) is 0 Å². The van der Waals surface area contributed by atoms with Crippen LogP contribution >= 0.6 is 0 Å². The van der Waals surface area contributed by atoms with Gasteiger partial charge in [-0.1, -0.05) is 6.07 Å². The molecule has 0 radical (unpaired) electrons. The molecule has 0 spiro atoms. The van der Waals surface area contributed by atoms with Gasteiger partial charge in [0.15, 0.2) is 11.5 Å². The van der Waals surface area contributed by atoms with Crippen molar-refractivity contribution in [3.8, 4) is 23.0 Å². The van der Waals surface area contributed by atoms with Crippen molar-refractivity contribution in [1.29, 1.82) is 0 Å². The number of phenolic OH excluding ortho intramolecular Hbond substituents is 2. The van der Waals surface area contributed by atoms with Crippen LogP contribution in [0.5, 0.6) is 23.0 Å². The van der Waals surface area contributed by atoms with Crippen LogP contribution in [-0.2, 0) is 20.7 Å². The third-order valence-electron chi connectivity index (χ3n) is 4.92. The highest BCUT2D eigenvalue weighted by molar-refractivity contribution is 5.95. The zero-order chi connectivity index (χ0) is 26.0. The minimum absolute atomic E-state index is 0.0165. The molecule has 2 aromatic rings. The number of benzene rings is 2. The topological polar surface area (TPSA) is 126 Å². The number of carbonyl (C=O) groups excluding carboxylic acids is 2. The van der Waals surface area contributed by atoms with E-state index in [0.29, 0.717) is 23.5 Å². The first-order valence-electron chi connectivity index (χ1n) is 11.2. The van der Waals surface area contributed by atoms with Crippen molar-refractivity contribution >= 4 is 17.9 Å². The maximum atomic E-state index is 12.8. The highest BCUT2D eigenvalue weighted by Gasteiger charge is 2.23. The minimum Gasteiger partial charge on any atom is -0.504 e. The first-order valence-corrected chi connectivity index (χ1v) is 11.2. The Morgan fingerprint density at radius 1 is 1.03 bits per heavy atom. The summed E-state index contributed by atoms with van der Waals surface area (Å²) in [5.41, 5.74) is 0.879. The summed E-state index contributed by atoms with van der Waals surface area (Å²) in [6.07, 6.45) is 3.32. The molecule has 9 nitrogen and oxygen atoms in total. The molecule has 0 saturated heterocycles. The number of methoxy groups -OCH3 is 2. The summed E-state index contributed by atoms with van der Waals surface area (Å²) in [6.45, 7) is 5.82. The van der Waals surface area contributed by atoms with Gasteiger partial charge in [0.25, 0.3) is 0 Å². The van der Waals surface area contributed by atoms with Gasteiger partial charge in [0.1, 0.15) is 17.5 Å². The summed E-state index contributed by atoms with van der Waals surface area (Å²) >= 11 is 0. The Balaban J connectivity index is 2.04. The Bertz CT molecular complexity index is 1040. The van der Waals surface area contributed by atoms with Crippen LogP contribution in [-0.4, -0.2) is 61.0 Å². The summed E-state index contributed by atoms with van der Waals surface area (Å²) in [5.74, 6) is -0.130. The highest BCUT2D eigenvalue weighted by atomic mass is 16.5. The summed E-state index contributed by atoms with van der Waals surface area (Å²) in [6, 6.07) is 8.76. The van der Waals surface area contributed by atoms with E-state index in [1.54, 1.807) is 37.5 Å². The van der Waals surface area contributed by atoms with Gasteiger partial charge in [0.05, 0.1) is 26.4 Å². The minimum atomic E-state index is -0.924.